The van der Waals surface area contributed by atoms with Crippen molar-refractivity contribution < 1.29 is 23.8 Å². The first-order valence-corrected chi connectivity index (χ1v) is 10.4. The molecule has 0 N–H and O–H groups in total. The Kier molecular flexibility index (Phi) is 6.76. The number of hydrogen-bond donors (Lipinski definition) is 0. The second-order valence-electron chi connectivity index (χ2n) is 6.07. The first-order valence-electron chi connectivity index (χ1n) is 9.13. The van der Waals surface area contributed by atoms with E-state index in [1.165, 1.54) is 12.0 Å². The Balaban J connectivity index is 2.08. The Morgan fingerprint density at radius 3 is 2.59 bits per heavy atom. The molecule has 0 bridgehead atoms. The Morgan fingerprint density at radius 2 is 1.90 bits per heavy atom. The summed E-state index contributed by atoms with van der Waals surface area (Å²) in [5, 5.41) is 1.90. The number of nitrogens with zero attached hydrogens (tertiary/aromatic N) is 1. The highest BCUT2D eigenvalue weighted by Crippen LogP contribution is 2.38. The summed E-state index contributed by atoms with van der Waals surface area (Å²) in [5.41, 5.74) is 0.768. The lowest BCUT2D eigenvalue weighted by Gasteiger charge is -2.13. The van der Waals surface area contributed by atoms with E-state index < -0.39 is 5.97 Å². The zero-order valence-electron chi connectivity index (χ0n) is 16.4. The van der Waals surface area contributed by atoms with Crippen molar-refractivity contribution in [2.45, 2.75) is 13.8 Å². The van der Waals surface area contributed by atoms with E-state index in [0.717, 1.165) is 33.8 Å². The van der Waals surface area contributed by atoms with Gasteiger partial charge >= 0.3 is 5.97 Å². The molecule has 29 heavy (non-hydrogen) atoms. The maximum atomic E-state index is 12.8. The number of ether oxygens (including phenoxy) is 3. The SMILES string of the molecule is CCOc1ccc2ccc(OCC)c(/C=C3\SC(=S)N(CC(=O)OC)C3=O)c2c1. The summed E-state index contributed by atoms with van der Waals surface area (Å²) in [6, 6.07) is 9.66. The minimum Gasteiger partial charge on any atom is -0.494 e. The van der Waals surface area contributed by atoms with Crippen LogP contribution in [0.5, 0.6) is 11.5 Å². The summed E-state index contributed by atoms with van der Waals surface area (Å²) >= 11 is 6.43. The van der Waals surface area contributed by atoms with Crippen LogP contribution in [0.15, 0.2) is 35.2 Å². The van der Waals surface area contributed by atoms with Crippen LogP contribution in [0.3, 0.4) is 0 Å². The molecule has 0 saturated carbocycles. The van der Waals surface area contributed by atoms with Gasteiger partial charge in [-0.15, -0.1) is 0 Å². The fraction of sp³-hybridized carbons (Fsp3) is 0.286. The number of benzene rings is 2. The second kappa shape index (κ2) is 9.28. The van der Waals surface area contributed by atoms with Crippen LogP contribution in [-0.2, 0) is 14.3 Å². The molecule has 0 atom stereocenters. The monoisotopic (exact) mass is 431 g/mol. The molecule has 2 aromatic rings. The highest BCUT2D eigenvalue weighted by atomic mass is 32.2. The molecular weight excluding hydrogens is 410 g/mol. The molecule has 0 unspecified atom stereocenters. The minimum absolute atomic E-state index is 0.207. The molecule has 152 valence electrons. The number of fused-ring (bicyclic) bond motifs is 1. The molecule has 6 nitrogen and oxygen atoms in total. The fourth-order valence-electron chi connectivity index (χ4n) is 2.95. The largest absolute Gasteiger partial charge is 0.494 e. The van der Waals surface area contributed by atoms with E-state index in [1.54, 1.807) is 6.08 Å². The molecule has 1 fully saturated rings. The van der Waals surface area contributed by atoms with Crippen molar-refractivity contribution in [2.75, 3.05) is 26.9 Å². The number of thiocarbonyl (C=S) groups is 1. The van der Waals surface area contributed by atoms with Crippen molar-refractivity contribution in [1.82, 2.24) is 4.90 Å². The van der Waals surface area contributed by atoms with E-state index in [-0.39, 0.29) is 12.5 Å². The number of methoxy groups -OCH3 is 1. The number of amides is 1. The lowest BCUT2D eigenvalue weighted by molar-refractivity contribution is -0.143. The van der Waals surface area contributed by atoms with Crippen molar-refractivity contribution in [2.24, 2.45) is 0 Å². The first-order chi connectivity index (χ1) is 14.0. The topological polar surface area (TPSA) is 65.1 Å². The van der Waals surface area contributed by atoms with Crippen LogP contribution in [0.2, 0.25) is 0 Å². The number of carbonyl (C=O) groups is 2. The molecule has 0 aromatic heterocycles. The van der Waals surface area contributed by atoms with Gasteiger partial charge in [0.25, 0.3) is 5.91 Å². The third kappa shape index (κ3) is 4.54. The molecule has 0 radical (unpaired) electrons. The van der Waals surface area contributed by atoms with Gasteiger partial charge < -0.3 is 14.2 Å². The summed E-state index contributed by atoms with van der Waals surface area (Å²) in [5.74, 6) is 0.545. The predicted octanol–water partition coefficient (Wildman–Crippen LogP) is 4.01. The normalized spacial score (nSPS) is 15.3. The Morgan fingerprint density at radius 1 is 1.17 bits per heavy atom. The summed E-state index contributed by atoms with van der Waals surface area (Å²) in [7, 11) is 1.27. The number of thioether (sulfide) groups is 1. The van der Waals surface area contributed by atoms with Crippen molar-refractivity contribution >= 4 is 57.0 Å². The predicted molar refractivity (Wildman–Crippen MR) is 118 cm³/mol. The Labute approximate surface area is 178 Å². The van der Waals surface area contributed by atoms with Crippen molar-refractivity contribution in [3.05, 3.63) is 40.8 Å². The molecule has 8 heteroatoms. The molecule has 3 rings (SSSR count). The second-order valence-corrected chi connectivity index (χ2v) is 7.75. The fourth-order valence-corrected chi connectivity index (χ4v) is 4.19. The zero-order valence-corrected chi connectivity index (χ0v) is 18.0. The third-order valence-electron chi connectivity index (χ3n) is 4.27. The van der Waals surface area contributed by atoms with Gasteiger partial charge in [0.2, 0.25) is 0 Å². The van der Waals surface area contributed by atoms with Gasteiger partial charge in [-0.2, -0.15) is 0 Å². The van der Waals surface area contributed by atoms with Crippen LogP contribution in [-0.4, -0.2) is 48.0 Å². The first kappa shape index (κ1) is 21.1. The van der Waals surface area contributed by atoms with E-state index >= 15 is 0 Å². The number of hydrogen-bond acceptors (Lipinski definition) is 7. The van der Waals surface area contributed by atoms with Gasteiger partial charge in [0.1, 0.15) is 22.4 Å². The third-order valence-corrected chi connectivity index (χ3v) is 5.65. The molecule has 0 spiro atoms. The van der Waals surface area contributed by atoms with Gasteiger partial charge in [-0.05, 0) is 48.9 Å². The lowest BCUT2D eigenvalue weighted by Crippen LogP contribution is -2.33. The van der Waals surface area contributed by atoms with Gasteiger partial charge in [0.05, 0.1) is 25.2 Å². The lowest BCUT2D eigenvalue weighted by atomic mass is 10.0. The van der Waals surface area contributed by atoms with Crippen LogP contribution in [0.4, 0.5) is 0 Å². The van der Waals surface area contributed by atoms with Gasteiger partial charge in [-0.25, -0.2) is 0 Å². The summed E-state index contributed by atoms with van der Waals surface area (Å²) in [6.45, 7) is 4.66. The average Bonchev–Trinajstić information content (AvgIpc) is 2.97. The number of esters is 1. The van der Waals surface area contributed by atoms with Crippen LogP contribution in [0.1, 0.15) is 19.4 Å². The van der Waals surface area contributed by atoms with E-state index in [2.05, 4.69) is 4.74 Å². The highest BCUT2D eigenvalue weighted by molar-refractivity contribution is 8.26. The van der Waals surface area contributed by atoms with Gasteiger partial charge in [-0.1, -0.05) is 36.1 Å². The van der Waals surface area contributed by atoms with E-state index in [1.807, 2.05) is 44.2 Å². The van der Waals surface area contributed by atoms with Crippen LogP contribution >= 0.6 is 24.0 Å². The quantitative estimate of drug-likeness (QED) is 0.373. The van der Waals surface area contributed by atoms with E-state index in [0.29, 0.717) is 28.2 Å². The molecular formula is C21H21NO5S2. The number of rotatable bonds is 7. The standard InChI is InChI=1S/C21H21NO5S2/c1-4-26-14-8-6-13-7-9-17(27-5-2)16(15(13)10-14)11-18-20(24)22(21(28)29-18)12-19(23)25-3/h6-11H,4-5,12H2,1-3H3/b18-11-. The summed E-state index contributed by atoms with van der Waals surface area (Å²) in [4.78, 5) is 26.1. The molecule has 1 saturated heterocycles. The van der Waals surface area contributed by atoms with Crippen molar-refractivity contribution in [3.63, 3.8) is 0 Å². The zero-order chi connectivity index (χ0) is 21.0. The Bertz CT molecular complexity index is 997. The molecule has 2 aromatic carbocycles. The minimum atomic E-state index is -0.524. The van der Waals surface area contributed by atoms with Crippen LogP contribution < -0.4 is 9.47 Å². The molecule has 1 aliphatic heterocycles. The van der Waals surface area contributed by atoms with Crippen LogP contribution in [0, 0.1) is 0 Å². The smallest absolute Gasteiger partial charge is 0.325 e. The maximum Gasteiger partial charge on any atom is 0.325 e. The molecule has 1 heterocycles. The van der Waals surface area contributed by atoms with Gasteiger partial charge in [0.15, 0.2) is 0 Å². The van der Waals surface area contributed by atoms with Crippen LogP contribution in [0.25, 0.3) is 16.8 Å². The summed E-state index contributed by atoms with van der Waals surface area (Å²) in [6.07, 6.45) is 1.76. The highest BCUT2D eigenvalue weighted by Gasteiger charge is 2.34. The molecule has 0 aliphatic carbocycles. The maximum absolute atomic E-state index is 12.8. The van der Waals surface area contributed by atoms with Gasteiger partial charge in [-0.3, -0.25) is 14.5 Å². The summed E-state index contributed by atoms with van der Waals surface area (Å²) < 4.78 is 16.4. The van der Waals surface area contributed by atoms with Crippen molar-refractivity contribution in [3.8, 4) is 11.5 Å². The van der Waals surface area contributed by atoms with Gasteiger partial charge in [0, 0.05) is 5.56 Å². The average molecular weight is 432 g/mol. The van der Waals surface area contributed by atoms with E-state index in [9.17, 15) is 9.59 Å². The van der Waals surface area contributed by atoms with Crippen molar-refractivity contribution in [1.29, 1.82) is 0 Å². The Hall–Kier alpha value is -2.58. The van der Waals surface area contributed by atoms with E-state index in [4.69, 9.17) is 21.7 Å². The molecule has 1 aliphatic rings. The number of carbonyl (C=O) groups excluding carboxylic acids is 2. The molecule has 1 amide bonds.